The van der Waals surface area contributed by atoms with E-state index < -0.39 is 5.79 Å². The Morgan fingerprint density at radius 2 is 1.84 bits per heavy atom. The molecular formula is C28H35NO2. The van der Waals surface area contributed by atoms with Crippen molar-refractivity contribution in [1.29, 1.82) is 0 Å². The first kappa shape index (κ1) is 18.9. The molecule has 1 saturated heterocycles. The van der Waals surface area contributed by atoms with Gasteiger partial charge in [-0.2, -0.15) is 0 Å². The first-order valence-electron chi connectivity index (χ1n) is 12.4. The maximum Gasteiger partial charge on any atom is 0.192 e. The number of hydrogen-bond donors (Lipinski definition) is 1. The lowest BCUT2D eigenvalue weighted by molar-refractivity contribution is -0.207. The molecule has 3 aliphatic carbocycles. The van der Waals surface area contributed by atoms with Crippen molar-refractivity contribution in [3.8, 4) is 0 Å². The molecule has 1 spiro atoms. The van der Waals surface area contributed by atoms with E-state index in [1.165, 1.54) is 41.4 Å². The van der Waals surface area contributed by atoms with Crippen LogP contribution in [-0.4, -0.2) is 22.5 Å². The van der Waals surface area contributed by atoms with Gasteiger partial charge in [-0.3, -0.25) is 0 Å². The normalized spacial score (nSPS) is 46.8. The van der Waals surface area contributed by atoms with Gasteiger partial charge in [-0.25, -0.2) is 0 Å². The molecule has 3 nitrogen and oxygen atoms in total. The molecule has 7 rings (SSSR count). The van der Waals surface area contributed by atoms with Gasteiger partial charge in [0.2, 0.25) is 0 Å². The second-order valence-electron chi connectivity index (χ2n) is 12.2. The molecule has 0 amide bonds. The van der Waals surface area contributed by atoms with Crippen LogP contribution in [0.1, 0.15) is 71.6 Å². The monoisotopic (exact) mass is 417 g/mol. The summed E-state index contributed by atoms with van der Waals surface area (Å²) in [6.45, 7) is 11.9. The van der Waals surface area contributed by atoms with E-state index in [1.807, 2.05) is 0 Å². The summed E-state index contributed by atoms with van der Waals surface area (Å²) in [5.41, 5.74) is 6.06. The van der Waals surface area contributed by atoms with E-state index in [4.69, 9.17) is 9.47 Å². The van der Waals surface area contributed by atoms with Crippen LogP contribution >= 0.6 is 0 Å². The van der Waals surface area contributed by atoms with Crippen molar-refractivity contribution < 1.29 is 9.47 Å². The van der Waals surface area contributed by atoms with Crippen LogP contribution in [0.3, 0.4) is 0 Å². The summed E-state index contributed by atoms with van der Waals surface area (Å²) in [7, 11) is 0. The van der Waals surface area contributed by atoms with Crippen LogP contribution in [0.2, 0.25) is 0 Å². The van der Waals surface area contributed by atoms with Crippen LogP contribution in [0.4, 0.5) is 0 Å². The molecule has 2 aliphatic heterocycles. The number of hydrogen-bond acceptors (Lipinski definition) is 2. The Kier molecular flexibility index (Phi) is 3.35. The first-order chi connectivity index (χ1) is 14.7. The third-order valence-electron chi connectivity index (χ3n) is 10.5. The minimum Gasteiger partial charge on any atom is -0.358 e. The predicted octanol–water partition coefficient (Wildman–Crippen LogP) is 6.27. The molecule has 2 bridgehead atoms. The van der Waals surface area contributed by atoms with Crippen molar-refractivity contribution in [3.05, 3.63) is 47.2 Å². The fourth-order valence-corrected chi connectivity index (χ4v) is 8.91. The van der Waals surface area contributed by atoms with Gasteiger partial charge in [0.15, 0.2) is 5.79 Å². The zero-order chi connectivity index (χ0) is 21.4. The van der Waals surface area contributed by atoms with Crippen LogP contribution in [0.5, 0.6) is 0 Å². The van der Waals surface area contributed by atoms with E-state index in [-0.39, 0.29) is 22.5 Å². The lowest BCUT2D eigenvalue weighted by Gasteiger charge is -2.62. The van der Waals surface area contributed by atoms with Crippen molar-refractivity contribution in [3.63, 3.8) is 0 Å². The minimum absolute atomic E-state index is 0.166. The van der Waals surface area contributed by atoms with Gasteiger partial charge in [0.1, 0.15) is 0 Å². The Balaban J connectivity index is 1.39. The highest BCUT2D eigenvalue weighted by molar-refractivity contribution is 5.86. The van der Waals surface area contributed by atoms with Crippen LogP contribution in [-0.2, 0) is 21.3 Å². The molecule has 3 heteroatoms. The van der Waals surface area contributed by atoms with E-state index in [0.717, 1.165) is 18.8 Å². The van der Waals surface area contributed by atoms with Crippen LogP contribution in [0, 0.1) is 23.2 Å². The highest BCUT2D eigenvalue weighted by Gasteiger charge is 2.69. The van der Waals surface area contributed by atoms with E-state index in [1.54, 1.807) is 5.56 Å². The number of para-hydroxylation sites is 1. The smallest absolute Gasteiger partial charge is 0.192 e. The number of aromatic amines is 1. The SMILES string of the molecule is CC1C=C2C3CCC4Cc5c([nH]c6ccccc56)[C@]4(C)C3(C)CCC23OC1C(C)(C)O3. The summed E-state index contributed by atoms with van der Waals surface area (Å²) >= 11 is 0. The zero-order valence-electron chi connectivity index (χ0n) is 19.5. The molecule has 3 heterocycles. The van der Waals surface area contributed by atoms with E-state index in [9.17, 15) is 0 Å². The number of rotatable bonds is 0. The Morgan fingerprint density at radius 1 is 1.03 bits per heavy atom. The zero-order valence-corrected chi connectivity index (χ0v) is 19.5. The molecule has 164 valence electrons. The number of H-pyrrole nitrogens is 1. The molecule has 0 radical (unpaired) electrons. The fraction of sp³-hybridized carbons (Fsp3) is 0.643. The number of nitrogens with one attached hydrogen (secondary N) is 1. The molecule has 1 aromatic heterocycles. The van der Waals surface area contributed by atoms with Crippen LogP contribution in [0.25, 0.3) is 10.9 Å². The Morgan fingerprint density at radius 3 is 2.68 bits per heavy atom. The third kappa shape index (κ3) is 2.01. The summed E-state index contributed by atoms with van der Waals surface area (Å²) < 4.78 is 13.6. The molecule has 3 fully saturated rings. The second kappa shape index (κ2) is 5.48. The molecule has 6 unspecified atom stereocenters. The van der Waals surface area contributed by atoms with Crippen molar-refractivity contribution in [2.75, 3.05) is 0 Å². The summed E-state index contributed by atoms with van der Waals surface area (Å²) in [5.74, 6) is 1.18. The summed E-state index contributed by atoms with van der Waals surface area (Å²) in [6.07, 6.45) is 8.65. The summed E-state index contributed by atoms with van der Waals surface area (Å²) in [6, 6.07) is 8.91. The van der Waals surface area contributed by atoms with E-state index in [2.05, 4.69) is 69.9 Å². The number of aromatic nitrogens is 1. The van der Waals surface area contributed by atoms with Gasteiger partial charge in [-0.1, -0.05) is 45.0 Å². The van der Waals surface area contributed by atoms with Gasteiger partial charge in [-0.15, -0.1) is 0 Å². The topological polar surface area (TPSA) is 34.2 Å². The number of ether oxygens (including phenoxy) is 2. The molecular weight excluding hydrogens is 382 g/mol. The van der Waals surface area contributed by atoms with E-state index >= 15 is 0 Å². The van der Waals surface area contributed by atoms with Gasteiger partial charge in [0, 0.05) is 34.4 Å². The quantitative estimate of drug-likeness (QED) is 0.512. The lowest BCUT2D eigenvalue weighted by Crippen LogP contribution is -2.60. The van der Waals surface area contributed by atoms with Crippen molar-refractivity contribution >= 4 is 10.9 Å². The highest BCUT2D eigenvalue weighted by Crippen LogP contribution is 2.70. The molecule has 2 saturated carbocycles. The summed E-state index contributed by atoms with van der Waals surface area (Å²) in [5, 5.41) is 1.44. The molecule has 31 heavy (non-hydrogen) atoms. The van der Waals surface area contributed by atoms with Gasteiger partial charge >= 0.3 is 0 Å². The molecule has 1 N–H and O–H groups in total. The van der Waals surface area contributed by atoms with Crippen molar-refractivity contribution in [2.45, 2.75) is 89.6 Å². The lowest BCUT2D eigenvalue weighted by atomic mass is 9.44. The van der Waals surface area contributed by atoms with E-state index in [0.29, 0.717) is 11.8 Å². The highest BCUT2D eigenvalue weighted by atomic mass is 16.8. The van der Waals surface area contributed by atoms with Gasteiger partial charge in [0.25, 0.3) is 0 Å². The van der Waals surface area contributed by atoms with Crippen molar-refractivity contribution in [1.82, 2.24) is 4.98 Å². The van der Waals surface area contributed by atoms with Crippen LogP contribution in [0.15, 0.2) is 35.9 Å². The minimum atomic E-state index is -0.476. The molecule has 7 atom stereocenters. The van der Waals surface area contributed by atoms with Crippen molar-refractivity contribution in [2.24, 2.45) is 23.2 Å². The number of fused-ring (bicyclic) bond motifs is 9. The summed E-state index contributed by atoms with van der Waals surface area (Å²) in [4.78, 5) is 3.92. The average Bonchev–Trinajstić information content (AvgIpc) is 3.31. The maximum absolute atomic E-state index is 6.79. The Hall–Kier alpha value is -1.58. The Labute approximate surface area is 185 Å². The second-order valence-corrected chi connectivity index (χ2v) is 12.2. The maximum atomic E-state index is 6.79. The van der Waals surface area contributed by atoms with Crippen LogP contribution < -0.4 is 0 Å². The predicted molar refractivity (Wildman–Crippen MR) is 123 cm³/mol. The van der Waals surface area contributed by atoms with Gasteiger partial charge < -0.3 is 14.5 Å². The molecule has 1 aromatic carbocycles. The molecule has 2 aromatic rings. The molecule has 5 aliphatic rings. The number of benzene rings is 1. The van der Waals surface area contributed by atoms with Gasteiger partial charge in [0.05, 0.1) is 11.7 Å². The Bertz CT molecular complexity index is 1140. The average molecular weight is 418 g/mol. The first-order valence-corrected chi connectivity index (χ1v) is 12.4. The standard InChI is InChI=1S/C28H35NO2/c1-16-14-21-20-11-10-17-15-19-18-8-6-7-9-22(18)29-23(19)27(17,5)26(20,4)12-13-28(21)30-24(16)25(2,3)31-28/h6-9,14,16-17,20,24,29H,10-13,15H2,1-5H3/t16?,17?,20?,24?,26?,27-,28?/m1/s1. The third-order valence-corrected chi connectivity index (χ3v) is 10.5. The van der Waals surface area contributed by atoms with Gasteiger partial charge in [-0.05, 0) is 74.0 Å². The fourth-order valence-electron chi connectivity index (χ4n) is 8.91. The largest absolute Gasteiger partial charge is 0.358 e.